The van der Waals surface area contributed by atoms with Crippen LogP contribution in [0.25, 0.3) is 22.3 Å². The summed E-state index contributed by atoms with van der Waals surface area (Å²) in [5.41, 5.74) is 8.79. The van der Waals surface area contributed by atoms with Gasteiger partial charge in [0.1, 0.15) is 41.7 Å². The Morgan fingerprint density at radius 2 is 1.95 bits per heavy atom. The molecular weight excluding hydrogens is 626 g/mol. The highest BCUT2D eigenvalue weighted by atomic mass is 32.7. The lowest BCUT2D eigenvalue weighted by Crippen LogP contribution is -2.38. The van der Waals surface area contributed by atoms with Gasteiger partial charge in [0.25, 0.3) is 5.56 Å². The zero-order chi connectivity index (χ0) is 29.7. The van der Waals surface area contributed by atoms with Crippen molar-refractivity contribution in [3.63, 3.8) is 0 Å². The van der Waals surface area contributed by atoms with Crippen LogP contribution in [0.3, 0.4) is 0 Å². The number of alkyl halides is 1. The van der Waals surface area contributed by atoms with Gasteiger partial charge in [-0.25, -0.2) is 23.6 Å². The van der Waals surface area contributed by atoms with Crippen molar-refractivity contribution < 1.29 is 38.1 Å². The number of anilines is 2. The first-order valence-electron chi connectivity index (χ1n) is 12.0. The molecule has 7 rings (SSSR count). The third-order valence-electron chi connectivity index (χ3n) is 7.17. The maximum atomic E-state index is 15.1. The lowest BCUT2D eigenvalue weighted by Gasteiger charge is -2.28. The molecule has 0 spiro atoms. The standard InChI is InChI=1S/C18H20FN12O8PS2/c19-4-7(32)3(38-15(4)30-12-5(26-28-30)11(20)22-2-23-12)1-37-40(36,41)39-9-16(42-10-8(33)18(9,10)35)31-13-6(27-29-31)14(34)25-17(21)24-13/h2-4,7-10,15-16,32-33,35H,1H2,(H,36,41)(H2,20,22,23)(H3,21,24,25,34)/t3-,4+,7-,8?,9+,10-,15-,16-,18+,40?/m1/s1. The molecule has 6 heterocycles. The average Bonchev–Trinajstić information content (AvgIpc) is 3.47. The summed E-state index contributed by atoms with van der Waals surface area (Å²) in [7, 11) is 0. The van der Waals surface area contributed by atoms with Crippen molar-refractivity contribution in [3.8, 4) is 0 Å². The van der Waals surface area contributed by atoms with Gasteiger partial charge in [-0.3, -0.25) is 18.8 Å². The van der Waals surface area contributed by atoms with E-state index in [1.54, 1.807) is 0 Å². The van der Waals surface area contributed by atoms with Gasteiger partial charge in [-0.1, -0.05) is 22.7 Å². The Labute approximate surface area is 240 Å². The van der Waals surface area contributed by atoms with E-state index in [2.05, 4.69) is 52.8 Å². The van der Waals surface area contributed by atoms with Gasteiger partial charge in [-0.2, -0.15) is 9.67 Å². The molecule has 224 valence electrons. The number of H-pyrrole nitrogens is 1. The van der Waals surface area contributed by atoms with E-state index in [1.165, 1.54) is 0 Å². The minimum atomic E-state index is -4.41. The number of nitrogens with two attached hydrogens (primary N) is 2. The van der Waals surface area contributed by atoms with E-state index in [9.17, 15) is 24.7 Å². The van der Waals surface area contributed by atoms with E-state index in [1.807, 2.05) is 0 Å². The number of hydrogen-bond donors (Lipinski definition) is 7. The fraction of sp³-hybridized carbons (Fsp3) is 0.556. The Hall–Kier alpha value is -3.02. The van der Waals surface area contributed by atoms with E-state index >= 15 is 4.39 Å². The Balaban J connectivity index is 1.09. The molecule has 0 aromatic carbocycles. The first kappa shape index (κ1) is 27.8. The highest BCUT2D eigenvalue weighted by Crippen LogP contribution is 2.68. The van der Waals surface area contributed by atoms with Crippen LogP contribution in [0.2, 0.25) is 0 Å². The molecule has 4 aromatic rings. The van der Waals surface area contributed by atoms with Crippen molar-refractivity contribution in [2.45, 2.75) is 53.0 Å². The van der Waals surface area contributed by atoms with Gasteiger partial charge in [0.15, 0.2) is 40.5 Å². The second-order valence-electron chi connectivity index (χ2n) is 9.69. The summed E-state index contributed by atoms with van der Waals surface area (Å²) in [6.07, 6.45) is -8.23. The zero-order valence-electron chi connectivity index (χ0n) is 20.6. The first-order chi connectivity index (χ1) is 19.9. The van der Waals surface area contributed by atoms with Gasteiger partial charge >= 0.3 is 6.80 Å². The van der Waals surface area contributed by atoms with Crippen LogP contribution in [0.4, 0.5) is 16.2 Å². The first-order valence-corrected chi connectivity index (χ1v) is 15.7. The number of aromatic nitrogens is 10. The van der Waals surface area contributed by atoms with Crippen molar-refractivity contribution in [1.82, 2.24) is 49.9 Å². The van der Waals surface area contributed by atoms with Gasteiger partial charge in [-0.15, -0.1) is 22.0 Å². The number of aliphatic hydroxyl groups is 3. The Kier molecular flexibility index (Phi) is 6.28. The number of aliphatic hydroxyl groups excluding tert-OH is 2. The van der Waals surface area contributed by atoms with Crippen LogP contribution in [0.5, 0.6) is 0 Å². The lowest BCUT2D eigenvalue weighted by atomic mass is 10.1. The highest BCUT2D eigenvalue weighted by molar-refractivity contribution is 8.44. The molecule has 3 aliphatic rings. The Morgan fingerprint density at radius 3 is 2.74 bits per heavy atom. The van der Waals surface area contributed by atoms with E-state index in [0.29, 0.717) is 0 Å². The largest absolute Gasteiger partial charge is 0.389 e. The molecule has 1 saturated carbocycles. The second-order valence-corrected chi connectivity index (χ2v) is 13.8. The number of thioether (sulfide) groups is 1. The van der Waals surface area contributed by atoms with Crippen LogP contribution in [0.15, 0.2) is 11.1 Å². The van der Waals surface area contributed by atoms with Crippen LogP contribution in [0.1, 0.15) is 11.6 Å². The molecular formula is C18H20FN12O8PS2. The predicted octanol–water partition coefficient (Wildman–Crippen LogP) is -2.33. The zero-order valence-corrected chi connectivity index (χ0v) is 23.3. The molecule has 2 saturated heterocycles. The van der Waals surface area contributed by atoms with E-state index in [-0.39, 0.29) is 34.1 Å². The normalized spacial score (nSPS) is 35.5. The SMILES string of the molecule is Nc1nc2c(nnn2[C@@H]2S[C@@H]3C(O)[C@]3(O)[C@H]2OP(=O)(S)OC[C@H]2O[C@@H](n3nnc4c(N)ncnc43)[C@@H](F)[C@@H]2O)c(=O)[nH]1. The molecule has 3 fully saturated rings. The predicted molar refractivity (Wildman–Crippen MR) is 141 cm³/mol. The maximum Gasteiger partial charge on any atom is 0.386 e. The quantitative estimate of drug-likeness (QED) is 0.0818. The summed E-state index contributed by atoms with van der Waals surface area (Å²) in [5, 5.41) is 45.4. The number of thiol groups is 1. The summed E-state index contributed by atoms with van der Waals surface area (Å²) in [6.45, 7) is -5.08. The van der Waals surface area contributed by atoms with Crippen LogP contribution in [-0.4, -0.2) is 113 Å². The van der Waals surface area contributed by atoms with Crippen LogP contribution in [-0.2, 0) is 18.3 Å². The van der Waals surface area contributed by atoms with Crippen molar-refractivity contribution in [2.24, 2.45) is 0 Å². The lowest BCUT2D eigenvalue weighted by molar-refractivity contribution is -0.0544. The minimum absolute atomic E-state index is 0.00578. The van der Waals surface area contributed by atoms with Crippen molar-refractivity contribution in [2.75, 3.05) is 18.1 Å². The van der Waals surface area contributed by atoms with Crippen molar-refractivity contribution in [1.29, 1.82) is 0 Å². The van der Waals surface area contributed by atoms with E-state index in [0.717, 1.165) is 27.5 Å². The molecule has 20 nitrogen and oxygen atoms in total. The van der Waals surface area contributed by atoms with Gasteiger partial charge < -0.3 is 31.5 Å². The Morgan fingerprint density at radius 1 is 1.21 bits per heavy atom. The van der Waals surface area contributed by atoms with Gasteiger partial charge in [-0.05, 0) is 0 Å². The number of ether oxygens (including phenoxy) is 1. The molecule has 10 atom stereocenters. The van der Waals surface area contributed by atoms with Crippen LogP contribution < -0.4 is 17.0 Å². The number of halogens is 1. The van der Waals surface area contributed by atoms with Gasteiger partial charge in [0, 0.05) is 0 Å². The monoisotopic (exact) mass is 646 g/mol. The summed E-state index contributed by atoms with van der Waals surface area (Å²) in [4.78, 5) is 26.3. The maximum absolute atomic E-state index is 15.1. The molecule has 4 aromatic heterocycles. The summed E-state index contributed by atoms with van der Waals surface area (Å²) < 4.78 is 47.1. The topological polar surface area (TPSA) is 290 Å². The third kappa shape index (κ3) is 4.11. The fourth-order valence-electron chi connectivity index (χ4n) is 4.99. The summed E-state index contributed by atoms with van der Waals surface area (Å²) in [6, 6.07) is 0. The molecule has 8 N–H and O–H groups in total. The summed E-state index contributed by atoms with van der Waals surface area (Å²) in [5.74, 6) is -0.218. The fourth-order valence-corrected chi connectivity index (χ4v) is 8.30. The molecule has 42 heavy (non-hydrogen) atoms. The second kappa shape index (κ2) is 9.49. The molecule has 0 radical (unpaired) electrons. The average molecular weight is 647 g/mol. The van der Waals surface area contributed by atoms with Crippen molar-refractivity contribution in [3.05, 3.63) is 16.7 Å². The van der Waals surface area contributed by atoms with Gasteiger partial charge in [0.2, 0.25) is 5.95 Å². The van der Waals surface area contributed by atoms with E-state index < -0.39 is 72.0 Å². The number of hydrogen-bond acceptors (Lipinski definition) is 18. The number of rotatable bonds is 7. The number of nitrogens with one attached hydrogen (secondary N) is 1. The van der Waals surface area contributed by atoms with Crippen molar-refractivity contribution >= 4 is 64.9 Å². The molecule has 0 bridgehead atoms. The number of nitrogen functional groups attached to an aromatic ring is 2. The van der Waals surface area contributed by atoms with E-state index in [4.69, 9.17) is 25.3 Å². The minimum Gasteiger partial charge on any atom is -0.389 e. The molecule has 24 heteroatoms. The van der Waals surface area contributed by atoms with Crippen LogP contribution in [0, 0.1) is 0 Å². The van der Waals surface area contributed by atoms with Crippen LogP contribution >= 0.6 is 30.8 Å². The van der Waals surface area contributed by atoms with Gasteiger partial charge in [0.05, 0.1) is 11.9 Å². The molecule has 1 aliphatic carbocycles. The highest BCUT2D eigenvalue weighted by Gasteiger charge is 2.77. The number of aromatic amines is 1. The molecule has 2 unspecified atom stereocenters. The Bertz CT molecular complexity index is 1830. The summed E-state index contributed by atoms with van der Waals surface area (Å²) >= 11 is 4.99. The molecule has 2 aliphatic heterocycles. The molecule has 0 amide bonds. The smallest absolute Gasteiger partial charge is 0.386 e. The third-order valence-corrected chi connectivity index (χ3v) is 10.4. The number of nitrogens with zero attached hydrogens (tertiary/aromatic N) is 9. The number of fused-ring (bicyclic) bond motifs is 3.